The Morgan fingerprint density at radius 3 is 2.35 bits per heavy atom. The number of benzene rings is 1. The van der Waals surface area contributed by atoms with Crippen molar-refractivity contribution in [1.82, 2.24) is 19.8 Å². The largest absolute Gasteiger partial charge is 0.356 e. The molecule has 2 unspecified atom stereocenters. The van der Waals surface area contributed by atoms with Crippen LogP contribution >= 0.6 is 0 Å². The fourth-order valence-corrected chi connectivity index (χ4v) is 3.97. The van der Waals surface area contributed by atoms with Gasteiger partial charge in [0.1, 0.15) is 12.4 Å². The lowest BCUT2D eigenvalue weighted by Gasteiger charge is -2.34. The molecule has 0 fully saturated rings. The van der Waals surface area contributed by atoms with Crippen LogP contribution in [0, 0.1) is 0 Å². The molecular formula is C25H40N4O2. The molecule has 6 nitrogen and oxygen atoms in total. The fourth-order valence-electron chi connectivity index (χ4n) is 3.97. The molecule has 0 saturated carbocycles. The lowest BCUT2D eigenvalue weighted by molar-refractivity contribution is -0.136. The Morgan fingerprint density at radius 2 is 1.71 bits per heavy atom. The van der Waals surface area contributed by atoms with E-state index in [0.29, 0.717) is 13.0 Å². The summed E-state index contributed by atoms with van der Waals surface area (Å²) in [4.78, 5) is 31.6. The monoisotopic (exact) mass is 428 g/mol. The smallest absolute Gasteiger partial charge is 0.243 e. The van der Waals surface area contributed by atoms with Crippen molar-refractivity contribution in [2.45, 2.75) is 98.2 Å². The van der Waals surface area contributed by atoms with Crippen LogP contribution in [-0.2, 0) is 22.6 Å². The van der Waals surface area contributed by atoms with Gasteiger partial charge in [-0.25, -0.2) is 4.98 Å². The molecule has 1 aromatic heterocycles. The number of aryl methyl sites for hydroxylation is 1. The predicted molar refractivity (Wildman–Crippen MR) is 127 cm³/mol. The third-order valence-electron chi connectivity index (χ3n) is 6.17. The van der Waals surface area contributed by atoms with Crippen molar-refractivity contribution < 1.29 is 9.59 Å². The average Bonchev–Trinajstić information content (AvgIpc) is 3.12. The number of aromatic nitrogens is 2. The van der Waals surface area contributed by atoms with Crippen LogP contribution in [0.15, 0.2) is 24.3 Å². The zero-order valence-electron chi connectivity index (χ0n) is 20.0. The SMILES string of the molecule is CCC(=O)NCCCCCc1nc2ccccc2n1CC(=O)N(C(C)CC)C(C)CC. The lowest BCUT2D eigenvalue weighted by Crippen LogP contribution is -2.45. The van der Waals surface area contributed by atoms with Gasteiger partial charge in [-0.05, 0) is 51.7 Å². The van der Waals surface area contributed by atoms with E-state index in [9.17, 15) is 9.59 Å². The number of carbonyl (C=O) groups is 2. The van der Waals surface area contributed by atoms with E-state index < -0.39 is 0 Å². The Morgan fingerprint density at radius 1 is 1.03 bits per heavy atom. The highest BCUT2D eigenvalue weighted by Crippen LogP contribution is 2.20. The molecule has 1 N–H and O–H groups in total. The summed E-state index contributed by atoms with van der Waals surface area (Å²) < 4.78 is 2.11. The molecule has 1 aromatic carbocycles. The minimum atomic E-state index is 0.104. The van der Waals surface area contributed by atoms with Gasteiger partial charge in [0.15, 0.2) is 0 Å². The third kappa shape index (κ3) is 6.81. The minimum Gasteiger partial charge on any atom is -0.356 e. The molecule has 0 aliphatic carbocycles. The van der Waals surface area contributed by atoms with E-state index in [2.05, 4.69) is 48.5 Å². The van der Waals surface area contributed by atoms with Gasteiger partial charge in [-0.3, -0.25) is 9.59 Å². The molecule has 0 spiro atoms. The van der Waals surface area contributed by atoms with E-state index >= 15 is 0 Å². The van der Waals surface area contributed by atoms with Crippen molar-refractivity contribution in [3.63, 3.8) is 0 Å². The average molecular weight is 429 g/mol. The summed E-state index contributed by atoms with van der Waals surface area (Å²) in [6.07, 6.45) is 6.22. The Hall–Kier alpha value is -2.37. The van der Waals surface area contributed by atoms with Gasteiger partial charge < -0.3 is 14.8 Å². The van der Waals surface area contributed by atoms with E-state index in [1.807, 2.05) is 25.1 Å². The van der Waals surface area contributed by atoms with Crippen molar-refractivity contribution in [2.75, 3.05) is 6.54 Å². The number of carbonyl (C=O) groups excluding carboxylic acids is 2. The number of hydrogen-bond donors (Lipinski definition) is 1. The quantitative estimate of drug-likeness (QED) is 0.470. The number of hydrogen-bond acceptors (Lipinski definition) is 3. The summed E-state index contributed by atoms with van der Waals surface area (Å²) in [6, 6.07) is 8.51. The number of para-hydroxylation sites is 2. The number of nitrogens with one attached hydrogen (secondary N) is 1. The highest BCUT2D eigenvalue weighted by atomic mass is 16.2. The maximum atomic E-state index is 13.4. The number of amides is 2. The molecule has 0 radical (unpaired) electrons. The molecular weight excluding hydrogens is 388 g/mol. The second-order valence-corrected chi connectivity index (χ2v) is 8.43. The second kappa shape index (κ2) is 12.5. The minimum absolute atomic E-state index is 0.104. The zero-order chi connectivity index (χ0) is 22.8. The number of unbranched alkanes of at least 4 members (excludes halogenated alkanes) is 2. The molecule has 0 bridgehead atoms. The number of rotatable bonds is 13. The first-order valence-corrected chi connectivity index (χ1v) is 11.9. The normalized spacial score (nSPS) is 13.2. The second-order valence-electron chi connectivity index (χ2n) is 8.43. The molecule has 0 aliphatic rings. The predicted octanol–water partition coefficient (Wildman–Crippen LogP) is 4.70. The molecule has 172 valence electrons. The highest BCUT2D eigenvalue weighted by Gasteiger charge is 2.25. The van der Waals surface area contributed by atoms with Crippen LogP contribution in [0.3, 0.4) is 0 Å². The van der Waals surface area contributed by atoms with E-state index in [-0.39, 0.29) is 23.9 Å². The Balaban J connectivity index is 2.11. The molecule has 2 rings (SSSR count). The molecule has 0 aliphatic heterocycles. The van der Waals surface area contributed by atoms with Crippen LogP contribution in [0.1, 0.15) is 79.0 Å². The fraction of sp³-hybridized carbons (Fsp3) is 0.640. The van der Waals surface area contributed by atoms with E-state index in [4.69, 9.17) is 4.98 Å². The van der Waals surface area contributed by atoms with Gasteiger partial charge >= 0.3 is 0 Å². The number of nitrogens with zero attached hydrogens (tertiary/aromatic N) is 3. The maximum absolute atomic E-state index is 13.4. The molecule has 1 heterocycles. The Bertz CT molecular complexity index is 835. The first kappa shape index (κ1) is 24.9. The number of fused-ring (bicyclic) bond motifs is 1. The van der Waals surface area contributed by atoms with E-state index in [1.165, 1.54) is 0 Å². The van der Waals surface area contributed by atoms with Crippen LogP contribution < -0.4 is 5.32 Å². The zero-order valence-corrected chi connectivity index (χ0v) is 20.0. The molecule has 2 atom stereocenters. The Labute approximate surface area is 187 Å². The number of imidazole rings is 1. The summed E-state index contributed by atoms with van der Waals surface area (Å²) in [5.74, 6) is 1.24. The molecule has 0 saturated heterocycles. The van der Waals surface area contributed by atoms with Gasteiger partial charge in [0.25, 0.3) is 0 Å². The summed E-state index contributed by atoms with van der Waals surface area (Å²) in [6.45, 7) is 11.5. The first-order valence-electron chi connectivity index (χ1n) is 11.9. The van der Waals surface area contributed by atoms with Crippen LogP contribution in [0.4, 0.5) is 0 Å². The van der Waals surface area contributed by atoms with Crippen molar-refractivity contribution in [3.05, 3.63) is 30.1 Å². The van der Waals surface area contributed by atoms with Crippen LogP contribution in [0.25, 0.3) is 11.0 Å². The summed E-state index contributed by atoms with van der Waals surface area (Å²) in [7, 11) is 0. The molecule has 2 aromatic rings. The van der Waals surface area contributed by atoms with Gasteiger partial charge in [-0.15, -0.1) is 0 Å². The van der Waals surface area contributed by atoms with Gasteiger partial charge in [-0.1, -0.05) is 39.3 Å². The van der Waals surface area contributed by atoms with Crippen LogP contribution in [-0.4, -0.2) is 44.9 Å². The maximum Gasteiger partial charge on any atom is 0.243 e. The van der Waals surface area contributed by atoms with Gasteiger partial charge in [0, 0.05) is 31.5 Å². The summed E-state index contributed by atoms with van der Waals surface area (Å²) >= 11 is 0. The molecule has 2 amide bonds. The highest BCUT2D eigenvalue weighted by molar-refractivity contribution is 5.81. The summed E-state index contributed by atoms with van der Waals surface area (Å²) in [5, 5.41) is 2.92. The van der Waals surface area contributed by atoms with Crippen molar-refractivity contribution >= 4 is 22.8 Å². The first-order chi connectivity index (χ1) is 14.9. The van der Waals surface area contributed by atoms with Crippen LogP contribution in [0.5, 0.6) is 0 Å². The van der Waals surface area contributed by atoms with E-state index in [0.717, 1.165) is 61.9 Å². The lowest BCUT2D eigenvalue weighted by atomic mass is 10.1. The van der Waals surface area contributed by atoms with Gasteiger partial charge in [0.05, 0.1) is 11.0 Å². The molecule has 31 heavy (non-hydrogen) atoms. The van der Waals surface area contributed by atoms with Crippen molar-refractivity contribution in [2.24, 2.45) is 0 Å². The van der Waals surface area contributed by atoms with E-state index in [1.54, 1.807) is 0 Å². The molecule has 6 heteroatoms. The van der Waals surface area contributed by atoms with Gasteiger partial charge in [-0.2, -0.15) is 0 Å². The van der Waals surface area contributed by atoms with Crippen molar-refractivity contribution in [1.29, 1.82) is 0 Å². The summed E-state index contributed by atoms with van der Waals surface area (Å²) in [5.41, 5.74) is 1.97. The van der Waals surface area contributed by atoms with Crippen LogP contribution in [0.2, 0.25) is 0 Å². The standard InChI is InChI=1S/C25H40N4O2/c1-6-19(4)29(20(5)7-2)25(31)18-28-22-15-12-11-14-21(22)27-23(28)16-10-9-13-17-26-24(30)8-3/h11-12,14-15,19-20H,6-10,13,16-18H2,1-5H3,(H,26,30). The van der Waals surface area contributed by atoms with Gasteiger partial charge in [0.2, 0.25) is 11.8 Å². The third-order valence-corrected chi connectivity index (χ3v) is 6.17. The topological polar surface area (TPSA) is 67.2 Å². The Kier molecular flexibility index (Phi) is 10.0. The van der Waals surface area contributed by atoms with Crippen molar-refractivity contribution in [3.8, 4) is 0 Å².